The first kappa shape index (κ1) is 11.1. The molecule has 2 rings (SSSR count). The molecule has 84 valence electrons. The predicted octanol–water partition coefficient (Wildman–Crippen LogP) is 2.88. The van der Waals surface area contributed by atoms with Crippen LogP contribution in [0.1, 0.15) is 24.0 Å². The number of hydrogen-bond donors (Lipinski definition) is 0. The molecule has 0 spiro atoms. The van der Waals surface area contributed by atoms with Gasteiger partial charge in [0.05, 0.1) is 11.6 Å². The Morgan fingerprint density at radius 1 is 1.38 bits per heavy atom. The van der Waals surface area contributed by atoms with E-state index < -0.39 is 0 Å². The molecule has 0 atom stereocenters. The average Bonchev–Trinajstić information content (AvgIpc) is 2.76. The van der Waals surface area contributed by atoms with Crippen molar-refractivity contribution < 1.29 is 0 Å². The van der Waals surface area contributed by atoms with E-state index in [4.69, 9.17) is 11.6 Å². The number of hydrogen-bond acceptors (Lipinski definition) is 2. The molecule has 0 bridgehead atoms. The molecule has 2 heterocycles. The molecular weight excluding hydrogens is 222 g/mol. The van der Waals surface area contributed by atoms with Gasteiger partial charge in [-0.15, -0.1) is 11.6 Å². The van der Waals surface area contributed by atoms with Crippen molar-refractivity contribution >= 4 is 11.6 Å². The first-order valence-corrected chi connectivity index (χ1v) is 5.83. The van der Waals surface area contributed by atoms with Crippen LogP contribution in [0.15, 0.2) is 24.7 Å². The topological polar surface area (TPSA) is 30.7 Å². The molecule has 0 aromatic carbocycles. The summed E-state index contributed by atoms with van der Waals surface area (Å²) < 4.78 is 2.08. The molecule has 0 saturated heterocycles. The molecule has 2 aromatic rings. The van der Waals surface area contributed by atoms with Crippen LogP contribution in [0.25, 0.3) is 5.69 Å². The van der Waals surface area contributed by atoms with Crippen molar-refractivity contribution in [2.24, 2.45) is 0 Å². The standard InChI is InChI=1S/C12H14ClN3/c1-3-12-14-4-5-16(12)11-6-9(2)15-8-10(11)7-13/h4-6,8H,3,7H2,1-2H3. The van der Waals surface area contributed by atoms with Gasteiger partial charge in [-0.25, -0.2) is 4.98 Å². The van der Waals surface area contributed by atoms with Gasteiger partial charge >= 0.3 is 0 Å². The second-order valence-electron chi connectivity index (χ2n) is 3.66. The van der Waals surface area contributed by atoms with Gasteiger partial charge in [0.1, 0.15) is 5.82 Å². The Labute approximate surface area is 100 Å². The zero-order valence-electron chi connectivity index (χ0n) is 9.44. The summed E-state index contributed by atoms with van der Waals surface area (Å²) in [6, 6.07) is 2.04. The van der Waals surface area contributed by atoms with Crippen molar-refractivity contribution in [3.05, 3.63) is 41.7 Å². The van der Waals surface area contributed by atoms with Crippen molar-refractivity contribution in [1.29, 1.82) is 0 Å². The molecule has 4 heteroatoms. The molecule has 3 nitrogen and oxygen atoms in total. The number of imidazole rings is 1. The maximum atomic E-state index is 5.92. The van der Waals surface area contributed by atoms with Gasteiger partial charge in [0, 0.05) is 36.3 Å². The first-order chi connectivity index (χ1) is 7.76. The minimum atomic E-state index is 0.462. The quantitative estimate of drug-likeness (QED) is 0.766. The lowest BCUT2D eigenvalue weighted by atomic mass is 10.2. The van der Waals surface area contributed by atoms with Crippen LogP contribution >= 0.6 is 11.6 Å². The van der Waals surface area contributed by atoms with Crippen molar-refractivity contribution in [3.8, 4) is 5.69 Å². The van der Waals surface area contributed by atoms with Crippen LogP contribution in [0, 0.1) is 6.92 Å². The van der Waals surface area contributed by atoms with Gasteiger partial charge in [-0.2, -0.15) is 0 Å². The Hall–Kier alpha value is -1.35. The van der Waals surface area contributed by atoms with E-state index >= 15 is 0 Å². The van der Waals surface area contributed by atoms with Crippen LogP contribution in [-0.2, 0) is 12.3 Å². The average molecular weight is 236 g/mol. The van der Waals surface area contributed by atoms with E-state index in [1.807, 2.05) is 31.6 Å². The van der Waals surface area contributed by atoms with Crippen LogP contribution < -0.4 is 0 Å². The lowest BCUT2D eigenvalue weighted by Gasteiger charge is -2.11. The number of halogens is 1. The Morgan fingerprint density at radius 3 is 2.88 bits per heavy atom. The maximum absolute atomic E-state index is 5.92. The van der Waals surface area contributed by atoms with Gasteiger partial charge in [-0.05, 0) is 13.0 Å². The largest absolute Gasteiger partial charge is 0.303 e. The Morgan fingerprint density at radius 2 is 2.19 bits per heavy atom. The predicted molar refractivity (Wildman–Crippen MR) is 65.0 cm³/mol. The summed E-state index contributed by atoms with van der Waals surface area (Å²) in [5.74, 6) is 1.50. The van der Waals surface area contributed by atoms with Gasteiger partial charge in [-0.3, -0.25) is 4.98 Å². The summed E-state index contributed by atoms with van der Waals surface area (Å²) >= 11 is 5.92. The minimum absolute atomic E-state index is 0.462. The van der Waals surface area contributed by atoms with E-state index in [0.717, 1.165) is 29.2 Å². The fourth-order valence-corrected chi connectivity index (χ4v) is 1.92. The van der Waals surface area contributed by atoms with E-state index in [0.29, 0.717) is 5.88 Å². The molecule has 0 aliphatic carbocycles. The summed E-state index contributed by atoms with van der Waals surface area (Å²) in [5.41, 5.74) is 3.09. The van der Waals surface area contributed by atoms with Crippen molar-refractivity contribution in [2.75, 3.05) is 0 Å². The second kappa shape index (κ2) is 4.66. The zero-order valence-corrected chi connectivity index (χ0v) is 10.2. The lowest BCUT2D eigenvalue weighted by Crippen LogP contribution is -2.03. The summed E-state index contributed by atoms with van der Waals surface area (Å²) in [6.45, 7) is 4.07. The lowest BCUT2D eigenvalue weighted by molar-refractivity contribution is 0.879. The first-order valence-electron chi connectivity index (χ1n) is 5.30. The third kappa shape index (κ3) is 1.95. The van der Waals surface area contributed by atoms with Gasteiger partial charge in [-0.1, -0.05) is 6.92 Å². The van der Waals surface area contributed by atoms with E-state index in [1.54, 1.807) is 0 Å². The van der Waals surface area contributed by atoms with E-state index in [1.165, 1.54) is 0 Å². The number of alkyl halides is 1. The summed E-state index contributed by atoms with van der Waals surface area (Å²) in [4.78, 5) is 8.57. The number of rotatable bonds is 3. The highest BCUT2D eigenvalue weighted by Crippen LogP contribution is 2.18. The van der Waals surface area contributed by atoms with Crippen molar-refractivity contribution in [3.63, 3.8) is 0 Å². The van der Waals surface area contributed by atoms with Crippen molar-refractivity contribution in [2.45, 2.75) is 26.1 Å². The maximum Gasteiger partial charge on any atom is 0.112 e. The normalized spacial score (nSPS) is 10.7. The monoisotopic (exact) mass is 235 g/mol. The highest BCUT2D eigenvalue weighted by atomic mass is 35.5. The van der Waals surface area contributed by atoms with Crippen molar-refractivity contribution in [1.82, 2.24) is 14.5 Å². The van der Waals surface area contributed by atoms with Crippen LogP contribution in [0.2, 0.25) is 0 Å². The molecule has 0 saturated carbocycles. The summed E-state index contributed by atoms with van der Waals surface area (Å²) in [6.07, 6.45) is 6.50. The molecule has 0 amide bonds. The summed E-state index contributed by atoms with van der Waals surface area (Å²) in [7, 11) is 0. The summed E-state index contributed by atoms with van der Waals surface area (Å²) in [5, 5.41) is 0. The van der Waals surface area contributed by atoms with Gasteiger partial charge in [0.25, 0.3) is 0 Å². The van der Waals surface area contributed by atoms with E-state index in [2.05, 4.69) is 21.5 Å². The Balaban J connectivity index is 2.58. The molecule has 0 radical (unpaired) electrons. The number of nitrogens with zero attached hydrogens (tertiary/aromatic N) is 3. The fourth-order valence-electron chi connectivity index (χ4n) is 1.72. The SMILES string of the molecule is CCc1nccn1-c1cc(C)ncc1CCl. The molecule has 2 aromatic heterocycles. The Kier molecular flexibility index (Phi) is 3.25. The molecule has 16 heavy (non-hydrogen) atoms. The molecule has 0 N–H and O–H groups in total. The molecule has 0 aliphatic heterocycles. The molecule has 0 fully saturated rings. The van der Waals surface area contributed by atoms with Gasteiger partial charge in [0.2, 0.25) is 0 Å². The zero-order chi connectivity index (χ0) is 11.5. The molecular formula is C12H14ClN3. The van der Waals surface area contributed by atoms with Crippen LogP contribution in [0.5, 0.6) is 0 Å². The van der Waals surface area contributed by atoms with Crippen LogP contribution in [0.4, 0.5) is 0 Å². The Bertz CT molecular complexity index is 491. The van der Waals surface area contributed by atoms with E-state index in [-0.39, 0.29) is 0 Å². The third-order valence-electron chi connectivity index (χ3n) is 2.54. The molecule has 0 unspecified atom stereocenters. The minimum Gasteiger partial charge on any atom is -0.303 e. The number of aromatic nitrogens is 3. The highest BCUT2D eigenvalue weighted by Gasteiger charge is 2.08. The highest BCUT2D eigenvalue weighted by molar-refractivity contribution is 6.17. The van der Waals surface area contributed by atoms with Gasteiger partial charge < -0.3 is 4.57 Å². The van der Waals surface area contributed by atoms with Gasteiger partial charge in [0.15, 0.2) is 0 Å². The van der Waals surface area contributed by atoms with Crippen LogP contribution in [-0.4, -0.2) is 14.5 Å². The van der Waals surface area contributed by atoms with E-state index in [9.17, 15) is 0 Å². The fraction of sp³-hybridized carbons (Fsp3) is 0.333. The number of aryl methyl sites for hydroxylation is 2. The third-order valence-corrected chi connectivity index (χ3v) is 2.82. The van der Waals surface area contributed by atoms with Crippen LogP contribution in [0.3, 0.4) is 0 Å². The second-order valence-corrected chi connectivity index (χ2v) is 3.92. The number of pyridine rings is 1. The smallest absolute Gasteiger partial charge is 0.112 e. The molecule has 0 aliphatic rings.